The van der Waals surface area contributed by atoms with Crippen LogP contribution in [0.4, 0.5) is 0 Å². The first-order valence-electron chi connectivity index (χ1n) is 5.03. The van der Waals surface area contributed by atoms with Gasteiger partial charge in [0.25, 0.3) is 0 Å². The number of carbonyl (C=O) groups is 2. The number of para-hydroxylation sites is 1. The van der Waals surface area contributed by atoms with E-state index in [1.54, 1.807) is 31.2 Å². The number of benzene rings is 1. The van der Waals surface area contributed by atoms with Gasteiger partial charge in [0.05, 0.1) is 12.7 Å². The van der Waals surface area contributed by atoms with Crippen LogP contribution >= 0.6 is 0 Å². The Balaban J connectivity index is 2.42. The fourth-order valence-electron chi connectivity index (χ4n) is 1.85. The molecular weight excluding hydrogens is 208 g/mol. The summed E-state index contributed by atoms with van der Waals surface area (Å²) in [6.07, 6.45) is -0.491. The molecule has 84 valence electrons. The summed E-state index contributed by atoms with van der Waals surface area (Å²) in [6.45, 7) is 1.69. The van der Waals surface area contributed by atoms with Crippen molar-refractivity contribution in [1.82, 2.24) is 0 Å². The minimum atomic E-state index is -0.861. The average molecular weight is 220 g/mol. The molecule has 4 heteroatoms. The Labute approximate surface area is 93.2 Å². The monoisotopic (exact) mass is 220 g/mol. The van der Waals surface area contributed by atoms with Gasteiger partial charge in [0.1, 0.15) is 11.9 Å². The number of Topliss-reactive ketones (excluding diaryl/α,β-unsaturated/α-hetero) is 1. The molecule has 0 aliphatic carbocycles. The molecule has 0 aromatic heterocycles. The van der Waals surface area contributed by atoms with Crippen LogP contribution in [0.15, 0.2) is 24.3 Å². The molecule has 1 aliphatic heterocycles. The lowest BCUT2D eigenvalue weighted by molar-refractivity contribution is -0.146. The molecule has 4 nitrogen and oxygen atoms in total. The van der Waals surface area contributed by atoms with Gasteiger partial charge in [0, 0.05) is 0 Å². The average Bonchev–Trinajstić information content (AvgIpc) is 2.28. The quantitative estimate of drug-likeness (QED) is 0.531. The highest BCUT2D eigenvalue weighted by Gasteiger charge is 2.40. The number of ether oxygens (including phenoxy) is 2. The van der Waals surface area contributed by atoms with Gasteiger partial charge in [0.2, 0.25) is 0 Å². The Morgan fingerprint density at radius 3 is 2.75 bits per heavy atom. The van der Waals surface area contributed by atoms with Gasteiger partial charge < -0.3 is 9.47 Å². The molecule has 0 saturated carbocycles. The standard InChI is InChI=1S/C12H12O4/c1-7-10(12(14)15-2)11(13)8-5-3-4-6-9(8)16-7/h3-7,10H,1-2H3/t7-,10?/m0/s1. The lowest BCUT2D eigenvalue weighted by Gasteiger charge is -2.28. The number of hydrogen-bond acceptors (Lipinski definition) is 4. The molecule has 1 aliphatic rings. The van der Waals surface area contributed by atoms with E-state index < -0.39 is 18.0 Å². The lowest BCUT2D eigenvalue weighted by atomic mass is 9.90. The van der Waals surface area contributed by atoms with E-state index in [0.717, 1.165) is 0 Å². The molecule has 0 fully saturated rings. The fourth-order valence-corrected chi connectivity index (χ4v) is 1.85. The van der Waals surface area contributed by atoms with Crippen molar-refractivity contribution in [3.63, 3.8) is 0 Å². The molecule has 0 N–H and O–H groups in total. The van der Waals surface area contributed by atoms with Gasteiger partial charge >= 0.3 is 5.97 Å². The van der Waals surface area contributed by atoms with Gasteiger partial charge in [-0.1, -0.05) is 12.1 Å². The molecule has 2 atom stereocenters. The molecule has 2 rings (SSSR count). The second-order valence-electron chi connectivity index (χ2n) is 3.68. The fraction of sp³-hybridized carbons (Fsp3) is 0.333. The summed E-state index contributed by atoms with van der Waals surface area (Å²) in [5.41, 5.74) is 0.441. The Hall–Kier alpha value is -1.84. The minimum absolute atomic E-state index is 0.235. The van der Waals surface area contributed by atoms with Gasteiger partial charge in [-0.3, -0.25) is 9.59 Å². The first kappa shape index (κ1) is 10.7. The molecule has 1 aromatic carbocycles. The van der Waals surface area contributed by atoms with E-state index in [1.807, 2.05) is 0 Å². The molecule has 0 amide bonds. The Morgan fingerprint density at radius 1 is 1.38 bits per heavy atom. The summed E-state index contributed by atoms with van der Waals surface area (Å²) >= 11 is 0. The predicted octanol–water partition coefficient (Wildman–Crippen LogP) is 1.44. The maximum atomic E-state index is 12.0. The summed E-state index contributed by atoms with van der Waals surface area (Å²) in [4.78, 5) is 23.5. The second-order valence-corrected chi connectivity index (χ2v) is 3.68. The number of hydrogen-bond donors (Lipinski definition) is 0. The summed E-state index contributed by atoms with van der Waals surface area (Å²) in [6, 6.07) is 6.90. The highest BCUT2D eigenvalue weighted by molar-refractivity contribution is 6.11. The van der Waals surface area contributed by atoms with E-state index in [4.69, 9.17) is 4.74 Å². The van der Waals surface area contributed by atoms with Crippen LogP contribution in [-0.2, 0) is 9.53 Å². The maximum Gasteiger partial charge on any atom is 0.320 e. The van der Waals surface area contributed by atoms with Crippen LogP contribution < -0.4 is 4.74 Å². The van der Waals surface area contributed by atoms with Crippen LogP contribution in [0.25, 0.3) is 0 Å². The Morgan fingerprint density at radius 2 is 2.06 bits per heavy atom. The summed E-state index contributed by atoms with van der Waals surface area (Å²) in [5.74, 6) is -1.12. The second kappa shape index (κ2) is 3.96. The van der Waals surface area contributed by atoms with E-state index in [-0.39, 0.29) is 5.78 Å². The summed E-state index contributed by atoms with van der Waals surface area (Å²) in [7, 11) is 1.27. The number of rotatable bonds is 1. The zero-order valence-corrected chi connectivity index (χ0v) is 9.10. The summed E-state index contributed by atoms with van der Waals surface area (Å²) < 4.78 is 10.1. The van der Waals surface area contributed by atoms with Gasteiger partial charge in [-0.15, -0.1) is 0 Å². The molecule has 0 bridgehead atoms. The predicted molar refractivity (Wildman–Crippen MR) is 56.4 cm³/mol. The number of esters is 1. The normalized spacial score (nSPS) is 23.2. The van der Waals surface area contributed by atoms with Gasteiger partial charge in [0.15, 0.2) is 11.7 Å². The van der Waals surface area contributed by atoms with Gasteiger partial charge in [-0.05, 0) is 19.1 Å². The van der Waals surface area contributed by atoms with Crippen molar-refractivity contribution in [3.05, 3.63) is 29.8 Å². The van der Waals surface area contributed by atoms with Crippen molar-refractivity contribution in [2.75, 3.05) is 7.11 Å². The molecule has 1 unspecified atom stereocenters. The Kier molecular flexibility index (Phi) is 2.64. The first-order chi connectivity index (χ1) is 7.65. The van der Waals surface area contributed by atoms with Crippen molar-refractivity contribution in [3.8, 4) is 5.75 Å². The zero-order valence-electron chi connectivity index (χ0n) is 9.10. The number of methoxy groups -OCH3 is 1. The van der Waals surface area contributed by atoms with E-state index in [0.29, 0.717) is 11.3 Å². The van der Waals surface area contributed by atoms with Gasteiger partial charge in [-0.25, -0.2) is 0 Å². The lowest BCUT2D eigenvalue weighted by Crippen LogP contribution is -2.41. The van der Waals surface area contributed by atoms with Crippen molar-refractivity contribution in [1.29, 1.82) is 0 Å². The van der Waals surface area contributed by atoms with E-state index in [1.165, 1.54) is 7.11 Å². The van der Waals surface area contributed by atoms with E-state index in [2.05, 4.69) is 4.74 Å². The molecule has 1 heterocycles. The van der Waals surface area contributed by atoms with Crippen molar-refractivity contribution in [2.45, 2.75) is 13.0 Å². The van der Waals surface area contributed by atoms with Crippen molar-refractivity contribution >= 4 is 11.8 Å². The smallest absolute Gasteiger partial charge is 0.320 e. The maximum absolute atomic E-state index is 12.0. The molecule has 16 heavy (non-hydrogen) atoms. The molecule has 0 radical (unpaired) electrons. The summed E-state index contributed by atoms with van der Waals surface area (Å²) in [5, 5.41) is 0. The van der Waals surface area contributed by atoms with Crippen LogP contribution in [0.1, 0.15) is 17.3 Å². The molecular formula is C12H12O4. The molecule has 1 aromatic rings. The highest BCUT2D eigenvalue weighted by atomic mass is 16.5. The van der Waals surface area contributed by atoms with Crippen LogP contribution in [-0.4, -0.2) is 25.0 Å². The third-order valence-electron chi connectivity index (χ3n) is 2.67. The van der Waals surface area contributed by atoms with Crippen LogP contribution in [0.2, 0.25) is 0 Å². The van der Waals surface area contributed by atoms with Crippen LogP contribution in [0.5, 0.6) is 5.75 Å². The topological polar surface area (TPSA) is 52.6 Å². The largest absolute Gasteiger partial charge is 0.489 e. The van der Waals surface area contributed by atoms with Crippen molar-refractivity contribution in [2.24, 2.45) is 5.92 Å². The minimum Gasteiger partial charge on any atom is -0.489 e. The van der Waals surface area contributed by atoms with Crippen LogP contribution in [0, 0.1) is 5.92 Å². The van der Waals surface area contributed by atoms with E-state index in [9.17, 15) is 9.59 Å². The highest BCUT2D eigenvalue weighted by Crippen LogP contribution is 2.30. The zero-order chi connectivity index (χ0) is 11.7. The van der Waals surface area contributed by atoms with Crippen molar-refractivity contribution < 1.29 is 19.1 Å². The number of fused-ring (bicyclic) bond motifs is 1. The third-order valence-corrected chi connectivity index (χ3v) is 2.67. The van der Waals surface area contributed by atoms with Crippen LogP contribution in [0.3, 0.4) is 0 Å². The first-order valence-corrected chi connectivity index (χ1v) is 5.03. The third kappa shape index (κ3) is 1.56. The molecule has 0 saturated heterocycles. The molecule has 0 spiro atoms. The SMILES string of the molecule is COC(=O)C1C(=O)c2ccccc2O[C@H]1C. The Bertz CT molecular complexity index is 438. The van der Waals surface area contributed by atoms with Gasteiger partial charge in [-0.2, -0.15) is 0 Å². The van der Waals surface area contributed by atoms with E-state index >= 15 is 0 Å². The number of ketones is 1. The number of carbonyl (C=O) groups excluding carboxylic acids is 2.